The maximum atomic E-state index is 12.6. The Labute approximate surface area is 312 Å². The molecule has 50 heavy (non-hydrogen) atoms. The fraction of sp³-hybridized carbons (Fsp3) is 0.956. The van der Waals surface area contributed by atoms with Crippen molar-refractivity contribution >= 4 is 11.9 Å². The molecule has 0 radical (unpaired) electrons. The Morgan fingerprint density at radius 1 is 0.360 bits per heavy atom. The number of esters is 2. The molecule has 0 N–H and O–H groups in total. The average Bonchev–Trinajstić information content (AvgIpc) is 3.11. The van der Waals surface area contributed by atoms with E-state index in [9.17, 15) is 9.59 Å². The maximum absolute atomic E-state index is 12.6. The second kappa shape index (κ2) is 42.3. The second-order valence-corrected chi connectivity index (χ2v) is 15.3. The van der Waals surface area contributed by atoms with Gasteiger partial charge in [0.25, 0.3) is 0 Å². The van der Waals surface area contributed by atoms with Gasteiger partial charge in [-0.1, -0.05) is 220 Å². The van der Waals surface area contributed by atoms with E-state index in [0.29, 0.717) is 26.1 Å². The summed E-state index contributed by atoms with van der Waals surface area (Å²) in [4.78, 5) is 25.1. The minimum atomic E-state index is -0.519. The van der Waals surface area contributed by atoms with E-state index in [0.717, 1.165) is 32.1 Å². The molecule has 298 valence electrons. The van der Waals surface area contributed by atoms with Crippen molar-refractivity contribution in [2.24, 2.45) is 0 Å². The Morgan fingerprint density at radius 2 is 0.660 bits per heavy atom. The van der Waals surface area contributed by atoms with E-state index in [2.05, 4.69) is 20.8 Å². The van der Waals surface area contributed by atoms with Gasteiger partial charge in [0.05, 0.1) is 6.61 Å². The van der Waals surface area contributed by atoms with Gasteiger partial charge in [-0.05, 0) is 19.3 Å². The number of hydrogen-bond acceptors (Lipinski definition) is 5. The number of ether oxygens (including phenoxy) is 3. The predicted molar refractivity (Wildman–Crippen MR) is 215 cm³/mol. The summed E-state index contributed by atoms with van der Waals surface area (Å²) in [6.07, 6.45) is 43.9. The summed E-state index contributed by atoms with van der Waals surface area (Å²) >= 11 is 0. The monoisotopic (exact) mass is 709 g/mol. The van der Waals surface area contributed by atoms with Gasteiger partial charge in [0.1, 0.15) is 6.61 Å². The molecular formula is C45H88O5. The van der Waals surface area contributed by atoms with E-state index in [4.69, 9.17) is 14.2 Å². The van der Waals surface area contributed by atoms with E-state index >= 15 is 0 Å². The molecule has 0 saturated heterocycles. The van der Waals surface area contributed by atoms with Crippen LogP contribution in [0.5, 0.6) is 0 Å². The predicted octanol–water partition coefficient (Wildman–Crippen LogP) is 14.6. The molecule has 0 aromatic rings. The average molecular weight is 709 g/mol. The lowest BCUT2D eigenvalue weighted by Crippen LogP contribution is -2.30. The lowest BCUT2D eigenvalue weighted by Gasteiger charge is -2.18. The minimum Gasteiger partial charge on any atom is -0.462 e. The first kappa shape index (κ1) is 48.9. The zero-order valence-electron chi connectivity index (χ0n) is 34.2. The van der Waals surface area contributed by atoms with Crippen LogP contribution < -0.4 is 0 Å². The van der Waals surface area contributed by atoms with Gasteiger partial charge >= 0.3 is 11.9 Å². The van der Waals surface area contributed by atoms with E-state index in [1.807, 2.05) is 0 Å². The molecule has 5 nitrogen and oxygen atoms in total. The number of carbonyl (C=O) groups is 2. The third-order valence-corrected chi connectivity index (χ3v) is 10.1. The molecule has 0 aliphatic carbocycles. The smallest absolute Gasteiger partial charge is 0.306 e. The first-order chi connectivity index (χ1) is 24.6. The van der Waals surface area contributed by atoms with Gasteiger partial charge in [-0.15, -0.1) is 0 Å². The molecule has 0 aromatic heterocycles. The van der Waals surface area contributed by atoms with Gasteiger partial charge in [-0.3, -0.25) is 9.59 Å². The molecule has 5 heteroatoms. The number of unbranched alkanes of at least 4 members (excludes halogenated alkanes) is 31. The molecule has 0 heterocycles. The van der Waals surface area contributed by atoms with Crippen molar-refractivity contribution in [3.8, 4) is 0 Å². The fourth-order valence-corrected chi connectivity index (χ4v) is 6.75. The highest BCUT2D eigenvalue weighted by Gasteiger charge is 2.17. The number of hydrogen-bond donors (Lipinski definition) is 0. The summed E-state index contributed by atoms with van der Waals surface area (Å²) in [7, 11) is 0. The summed E-state index contributed by atoms with van der Waals surface area (Å²) < 4.78 is 17.3. The zero-order valence-corrected chi connectivity index (χ0v) is 34.2. The van der Waals surface area contributed by atoms with Gasteiger partial charge in [-0.2, -0.15) is 0 Å². The van der Waals surface area contributed by atoms with Crippen LogP contribution in [-0.2, 0) is 23.8 Å². The minimum absolute atomic E-state index is 0.0960. The van der Waals surface area contributed by atoms with Gasteiger partial charge < -0.3 is 14.2 Å². The van der Waals surface area contributed by atoms with Gasteiger partial charge in [0.2, 0.25) is 0 Å². The highest BCUT2D eigenvalue weighted by molar-refractivity contribution is 5.70. The summed E-state index contributed by atoms with van der Waals surface area (Å²) in [6, 6.07) is 0. The van der Waals surface area contributed by atoms with E-state index in [1.165, 1.54) is 186 Å². The third-order valence-electron chi connectivity index (χ3n) is 10.1. The van der Waals surface area contributed by atoms with Crippen molar-refractivity contribution in [1.82, 2.24) is 0 Å². The zero-order chi connectivity index (χ0) is 36.4. The lowest BCUT2D eigenvalue weighted by molar-refractivity contribution is -0.163. The molecule has 0 aliphatic heterocycles. The molecular weight excluding hydrogens is 620 g/mol. The van der Waals surface area contributed by atoms with Crippen molar-refractivity contribution in [1.29, 1.82) is 0 Å². The van der Waals surface area contributed by atoms with Crippen LogP contribution in [0.25, 0.3) is 0 Å². The van der Waals surface area contributed by atoms with E-state index in [1.54, 1.807) is 0 Å². The Bertz CT molecular complexity index is 680. The SMILES string of the molecule is CCCCCCCCCCCCCCCCOCC(COC(=O)CCCCCCCCCCCCCCC)OC(=O)CCCCCCCCC. The first-order valence-electron chi connectivity index (χ1n) is 22.6. The molecule has 0 rings (SSSR count). The summed E-state index contributed by atoms with van der Waals surface area (Å²) in [5.41, 5.74) is 0. The Morgan fingerprint density at radius 3 is 1.02 bits per heavy atom. The Kier molecular flexibility index (Phi) is 41.4. The molecule has 0 amide bonds. The molecule has 0 aliphatic rings. The van der Waals surface area contributed by atoms with E-state index in [-0.39, 0.29) is 18.5 Å². The molecule has 1 atom stereocenters. The normalized spacial score (nSPS) is 12.0. The largest absolute Gasteiger partial charge is 0.462 e. The van der Waals surface area contributed by atoms with Crippen LogP contribution in [0, 0.1) is 0 Å². The molecule has 0 fully saturated rings. The van der Waals surface area contributed by atoms with Gasteiger partial charge in [0, 0.05) is 19.4 Å². The molecule has 1 unspecified atom stereocenters. The standard InChI is InChI=1S/C45H88O5/c1-4-7-10-13-16-18-20-22-24-26-28-31-34-37-40-48-41-43(50-45(47)39-36-33-29-15-12-9-6-3)42-49-44(46)38-35-32-30-27-25-23-21-19-17-14-11-8-5-2/h43H,4-42H2,1-3H3. The molecule has 0 aromatic carbocycles. The maximum Gasteiger partial charge on any atom is 0.306 e. The quantitative estimate of drug-likeness (QED) is 0.0466. The van der Waals surface area contributed by atoms with Crippen molar-refractivity contribution in [3.63, 3.8) is 0 Å². The lowest BCUT2D eigenvalue weighted by atomic mass is 10.0. The Balaban J connectivity index is 4.10. The van der Waals surface area contributed by atoms with E-state index < -0.39 is 6.10 Å². The fourth-order valence-electron chi connectivity index (χ4n) is 6.75. The first-order valence-corrected chi connectivity index (χ1v) is 22.6. The van der Waals surface area contributed by atoms with Crippen LogP contribution in [0.4, 0.5) is 0 Å². The van der Waals surface area contributed by atoms with Crippen LogP contribution in [0.2, 0.25) is 0 Å². The summed E-state index contributed by atoms with van der Waals surface area (Å²) in [5.74, 6) is -0.385. The Hall–Kier alpha value is -1.10. The van der Waals surface area contributed by atoms with Crippen molar-refractivity contribution in [2.75, 3.05) is 19.8 Å². The van der Waals surface area contributed by atoms with Crippen molar-refractivity contribution in [2.45, 2.75) is 258 Å². The van der Waals surface area contributed by atoms with Crippen LogP contribution in [0.1, 0.15) is 252 Å². The second-order valence-electron chi connectivity index (χ2n) is 15.3. The van der Waals surface area contributed by atoms with Crippen molar-refractivity contribution < 1.29 is 23.8 Å². The topological polar surface area (TPSA) is 61.8 Å². The van der Waals surface area contributed by atoms with Gasteiger partial charge in [0.15, 0.2) is 6.10 Å². The van der Waals surface area contributed by atoms with Gasteiger partial charge in [-0.25, -0.2) is 0 Å². The molecule has 0 bridgehead atoms. The van der Waals surface area contributed by atoms with Crippen molar-refractivity contribution in [3.05, 3.63) is 0 Å². The summed E-state index contributed by atoms with van der Waals surface area (Å²) in [6.45, 7) is 7.84. The molecule has 0 saturated carbocycles. The molecule has 0 spiro atoms. The van der Waals surface area contributed by atoms with Crippen LogP contribution in [-0.4, -0.2) is 37.9 Å². The highest BCUT2D eigenvalue weighted by atomic mass is 16.6. The summed E-state index contributed by atoms with van der Waals surface area (Å²) in [5, 5.41) is 0. The number of carbonyl (C=O) groups excluding carboxylic acids is 2. The third kappa shape index (κ3) is 39.7. The van der Waals surface area contributed by atoms with Crippen LogP contribution in [0.15, 0.2) is 0 Å². The van der Waals surface area contributed by atoms with Crippen LogP contribution in [0.3, 0.4) is 0 Å². The highest BCUT2D eigenvalue weighted by Crippen LogP contribution is 2.15. The van der Waals surface area contributed by atoms with Crippen LogP contribution >= 0.6 is 0 Å². The number of rotatable bonds is 42.